The maximum absolute atomic E-state index is 13.5. The van der Waals surface area contributed by atoms with E-state index < -0.39 is 17.6 Å². The van der Waals surface area contributed by atoms with Gasteiger partial charge in [-0.05, 0) is 64.2 Å². The van der Waals surface area contributed by atoms with E-state index in [1.54, 1.807) is 30.1 Å². The number of aromatic nitrogens is 2. The van der Waals surface area contributed by atoms with Crippen LogP contribution < -0.4 is 26.6 Å². The number of hydrazine groups is 1. The molecule has 0 fully saturated rings. The lowest BCUT2D eigenvalue weighted by atomic mass is 10.1. The van der Waals surface area contributed by atoms with Gasteiger partial charge in [0.05, 0.1) is 29.8 Å². The van der Waals surface area contributed by atoms with Crippen LogP contribution in [0.2, 0.25) is 0 Å². The van der Waals surface area contributed by atoms with Gasteiger partial charge in [-0.1, -0.05) is 6.07 Å². The number of hydrogen-bond donors (Lipinski definition) is 3. The Hall–Kier alpha value is -4.03. The van der Waals surface area contributed by atoms with Gasteiger partial charge in [0.2, 0.25) is 0 Å². The van der Waals surface area contributed by atoms with Crippen molar-refractivity contribution in [2.24, 2.45) is 18.6 Å². The van der Waals surface area contributed by atoms with Crippen LogP contribution in [0.15, 0.2) is 48.8 Å². The first kappa shape index (κ1) is 29.5. The lowest BCUT2D eigenvalue weighted by molar-refractivity contribution is -0.137. The lowest BCUT2D eigenvalue weighted by Gasteiger charge is -2.19. The predicted molar refractivity (Wildman–Crippen MR) is 146 cm³/mol. The molecule has 0 saturated heterocycles. The molecule has 12 heteroatoms. The standard InChI is InChI=1S/C27H34F3N7O2/c1-17-7-8-19(11-25(17)37(32)16-24(31)23-15-33-36(5)18(23)2)26(38)34-21-12-20(27(28,29)30)13-22(14-21)39-10-6-9-35(3)4/h7-8,11-16H,6,9-10,31-32H2,1-5H3,(H,34,38)/b24-16-. The monoisotopic (exact) mass is 545 g/mol. The molecule has 3 aromatic rings. The molecule has 1 aromatic heterocycles. The zero-order valence-electron chi connectivity index (χ0n) is 22.6. The number of anilines is 2. The van der Waals surface area contributed by atoms with Crippen LogP contribution in [0.4, 0.5) is 24.5 Å². The van der Waals surface area contributed by atoms with Crippen molar-refractivity contribution in [3.63, 3.8) is 0 Å². The van der Waals surface area contributed by atoms with Crippen molar-refractivity contribution >= 4 is 23.0 Å². The molecule has 0 aliphatic rings. The molecule has 0 unspecified atom stereocenters. The van der Waals surface area contributed by atoms with Gasteiger partial charge in [0.1, 0.15) is 5.75 Å². The molecule has 0 bridgehead atoms. The Morgan fingerprint density at radius 2 is 1.90 bits per heavy atom. The van der Waals surface area contributed by atoms with Crippen LogP contribution >= 0.6 is 0 Å². The SMILES string of the molecule is Cc1ccc(C(=O)Nc2cc(OCCCN(C)C)cc(C(F)(F)F)c2)cc1N(N)/C=C(\N)c1cnn(C)c1C. The fraction of sp³-hybridized carbons (Fsp3) is 0.333. The van der Waals surface area contributed by atoms with Crippen LogP contribution in [0, 0.1) is 13.8 Å². The molecule has 1 heterocycles. The smallest absolute Gasteiger partial charge is 0.416 e. The van der Waals surface area contributed by atoms with Gasteiger partial charge in [-0.3, -0.25) is 14.5 Å². The molecule has 0 radical (unpaired) electrons. The van der Waals surface area contributed by atoms with Gasteiger partial charge < -0.3 is 20.7 Å². The molecule has 0 aliphatic heterocycles. The summed E-state index contributed by atoms with van der Waals surface area (Å²) in [6.45, 7) is 4.63. The summed E-state index contributed by atoms with van der Waals surface area (Å²) in [7, 11) is 5.58. The molecule has 39 heavy (non-hydrogen) atoms. The Morgan fingerprint density at radius 1 is 1.18 bits per heavy atom. The van der Waals surface area contributed by atoms with Crippen molar-refractivity contribution in [3.8, 4) is 5.75 Å². The highest BCUT2D eigenvalue weighted by Crippen LogP contribution is 2.34. The minimum atomic E-state index is -4.61. The molecule has 9 nitrogen and oxygen atoms in total. The van der Waals surface area contributed by atoms with Crippen molar-refractivity contribution in [2.75, 3.05) is 37.6 Å². The maximum Gasteiger partial charge on any atom is 0.416 e. The normalized spacial score (nSPS) is 12.1. The molecule has 0 aliphatic carbocycles. The second kappa shape index (κ2) is 12.2. The number of ether oxygens (including phenoxy) is 1. The minimum absolute atomic E-state index is 0.0166. The van der Waals surface area contributed by atoms with E-state index in [1.165, 1.54) is 23.3 Å². The first-order chi connectivity index (χ1) is 18.3. The summed E-state index contributed by atoms with van der Waals surface area (Å²) in [6, 6.07) is 7.95. The molecule has 3 rings (SSSR count). The van der Waals surface area contributed by atoms with Crippen LogP contribution in [0.25, 0.3) is 5.70 Å². The third-order valence-corrected chi connectivity index (χ3v) is 6.08. The fourth-order valence-electron chi connectivity index (χ4n) is 3.79. The summed E-state index contributed by atoms with van der Waals surface area (Å²) in [5.74, 6) is 5.66. The largest absolute Gasteiger partial charge is 0.493 e. The predicted octanol–water partition coefficient (Wildman–Crippen LogP) is 4.28. The maximum atomic E-state index is 13.5. The van der Waals surface area contributed by atoms with E-state index in [2.05, 4.69) is 10.4 Å². The average molecular weight is 546 g/mol. The van der Waals surface area contributed by atoms with Crippen LogP contribution in [0.3, 0.4) is 0 Å². The summed E-state index contributed by atoms with van der Waals surface area (Å²) in [5, 5.41) is 8.00. The number of benzene rings is 2. The first-order valence-corrected chi connectivity index (χ1v) is 12.2. The second-order valence-electron chi connectivity index (χ2n) is 9.46. The van der Waals surface area contributed by atoms with Gasteiger partial charge in [0, 0.05) is 48.4 Å². The highest BCUT2D eigenvalue weighted by atomic mass is 19.4. The molecule has 0 saturated carbocycles. The van der Waals surface area contributed by atoms with Crippen LogP contribution in [0.1, 0.15) is 39.2 Å². The number of carbonyl (C=O) groups is 1. The minimum Gasteiger partial charge on any atom is -0.493 e. The first-order valence-electron chi connectivity index (χ1n) is 12.2. The van der Waals surface area contributed by atoms with Crippen molar-refractivity contribution in [3.05, 3.63) is 76.7 Å². The number of halogens is 3. The van der Waals surface area contributed by atoms with E-state index >= 15 is 0 Å². The van der Waals surface area contributed by atoms with E-state index in [-0.39, 0.29) is 23.6 Å². The van der Waals surface area contributed by atoms with Gasteiger partial charge in [0.25, 0.3) is 5.91 Å². The molecular weight excluding hydrogens is 511 g/mol. The second-order valence-corrected chi connectivity index (χ2v) is 9.46. The summed E-state index contributed by atoms with van der Waals surface area (Å²) < 4.78 is 47.8. The quantitative estimate of drug-likeness (QED) is 0.198. The number of carbonyl (C=O) groups excluding carboxylic acids is 1. The molecule has 0 atom stereocenters. The molecule has 1 amide bonds. The Kier molecular flexibility index (Phi) is 9.25. The Morgan fingerprint density at radius 3 is 2.51 bits per heavy atom. The topological polar surface area (TPSA) is 115 Å². The van der Waals surface area contributed by atoms with E-state index in [9.17, 15) is 18.0 Å². The number of rotatable bonds is 10. The molecule has 210 valence electrons. The molecule has 5 N–H and O–H groups in total. The average Bonchev–Trinajstić information content (AvgIpc) is 3.19. The van der Waals surface area contributed by atoms with E-state index in [0.29, 0.717) is 23.4 Å². The molecule has 2 aromatic carbocycles. The summed E-state index contributed by atoms with van der Waals surface area (Å²) in [6.07, 6.45) is -0.841. The third-order valence-electron chi connectivity index (χ3n) is 6.08. The lowest BCUT2D eigenvalue weighted by Crippen LogP contribution is -2.27. The fourth-order valence-corrected chi connectivity index (χ4v) is 3.79. The zero-order valence-corrected chi connectivity index (χ0v) is 22.6. The van der Waals surface area contributed by atoms with Crippen molar-refractivity contribution in [2.45, 2.75) is 26.4 Å². The highest BCUT2D eigenvalue weighted by molar-refractivity contribution is 6.05. The summed E-state index contributed by atoms with van der Waals surface area (Å²) in [4.78, 5) is 15.0. The van der Waals surface area contributed by atoms with Gasteiger partial charge >= 0.3 is 6.18 Å². The molecule has 0 spiro atoms. The van der Waals surface area contributed by atoms with Crippen LogP contribution in [-0.2, 0) is 13.2 Å². The van der Waals surface area contributed by atoms with Crippen molar-refractivity contribution in [1.29, 1.82) is 0 Å². The van der Waals surface area contributed by atoms with Crippen molar-refractivity contribution in [1.82, 2.24) is 14.7 Å². The van der Waals surface area contributed by atoms with E-state index in [1.807, 2.05) is 32.8 Å². The number of nitrogens with two attached hydrogens (primary N) is 2. The number of nitrogens with zero attached hydrogens (tertiary/aromatic N) is 4. The zero-order chi connectivity index (χ0) is 28.9. The Labute approximate surface area is 225 Å². The summed E-state index contributed by atoms with van der Waals surface area (Å²) >= 11 is 0. The number of hydrogen-bond acceptors (Lipinski definition) is 7. The Bertz CT molecular complexity index is 1350. The number of aryl methyl sites for hydroxylation is 2. The molecular formula is C27H34F3N7O2. The van der Waals surface area contributed by atoms with Crippen molar-refractivity contribution < 1.29 is 22.7 Å². The van der Waals surface area contributed by atoms with Gasteiger partial charge in [-0.2, -0.15) is 18.3 Å². The Balaban J connectivity index is 1.83. The van der Waals surface area contributed by atoms with E-state index in [0.717, 1.165) is 29.9 Å². The van der Waals surface area contributed by atoms with Crippen LogP contribution in [-0.4, -0.2) is 47.8 Å². The summed E-state index contributed by atoms with van der Waals surface area (Å²) in [5.41, 5.74) is 8.63. The van der Waals surface area contributed by atoms with Gasteiger partial charge in [0.15, 0.2) is 0 Å². The number of alkyl halides is 3. The van der Waals surface area contributed by atoms with Gasteiger partial charge in [-0.25, -0.2) is 5.84 Å². The third kappa shape index (κ3) is 7.74. The van der Waals surface area contributed by atoms with Crippen LogP contribution in [0.5, 0.6) is 5.75 Å². The number of nitrogens with one attached hydrogen (secondary N) is 1. The van der Waals surface area contributed by atoms with Gasteiger partial charge in [-0.15, -0.1) is 0 Å². The van der Waals surface area contributed by atoms with E-state index in [4.69, 9.17) is 16.3 Å². The number of amides is 1. The highest BCUT2D eigenvalue weighted by Gasteiger charge is 2.31.